The van der Waals surface area contributed by atoms with Crippen molar-refractivity contribution in [3.05, 3.63) is 48.0 Å². The molecule has 4 heteroatoms. The number of benzene rings is 2. The predicted molar refractivity (Wildman–Crippen MR) is 82.6 cm³/mol. The van der Waals surface area contributed by atoms with Crippen LogP contribution in [-0.2, 0) is 9.84 Å². The maximum absolute atomic E-state index is 11.5. The van der Waals surface area contributed by atoms with Crippen LogP contribution in [0.25, 0.3) is 10.8 Å². The molecular formula is C16H19NO2S. The molecule has 0 aromatic heterocycles. The standard InChI is InChI=1S/C16H19NO2S/c1-12(17-16-8-9-20(18,19)11-16)14-7-6-13-4-2-3-5-15(13)10-14/h2-7,10,12,16-17H,8-9,11H2,1H3. The average Bonchev–Trinajstić information content (AvgIpc) is 2.77. The second kappa shape index (κ2) is 5.19. The average molecular weight is 289 g/mol. The molecule has 0 bridgehead atoms. The van der Waals surface area contributed by atoms with Crippen LogP contribution in [0.15, 0.2) is 42.5 Å². The molecule has 20 heavy (non-hydrogen) atoms. The molecule has 2 unspecified atom stereocenters. The van der Waals surface area contributed by atoms with Crippen molar-refractivity contribution in [2.24, 2.45) is 0 Å². The summed E-state index contributed by atoms with van der Waals surface area (Å²) in [6.07, 6.45) is 0.722. The summed E-state index contributed by atoms with van der Waals surface area (Å²) >= 11 is 0. The van der Waals surface area contributed by atoms with E-state index in [0.717, 1.165) is 6.42 Å². The molecule has 1 heterocycles. The highest BCUT2D eigenvalue weighted by Crippen LogP contribution is 2.22. The van der Waals surface area contributed by atoms with Crippen LogP contribution in [0.3, 0.4) is 0 Å². The van der Waals surface area contributed by atoms with Gasteiger partial charge in [-0.15, -0.1) is 0 Å². The number of nitrogens with one attached hydrogen (secondary N) is 1. The first kappa shape index (κ1) is 13.6. The van der Waals surface area contributed by atoms with Crippen LogP contribution in [0.4, 0.5) is 0 Å². The topological polar surface area (TPSA) is 46.2 Å². The molecule has 2 aromatic rings. The van der Waals surface area contributed by atoms with Crippen LogP contribution < -0.4 is 5.32 Å². The first-order chi connectivity index (χ1) is 9.53. The minimum Gasteiger partial charge on any atom is -0.306 e. The molecule has 1 fully saturated rings. The van der Waals surface area contributed by atoms with E-state index in [-0.39, 0.29) is 17.8 Å². The fourth-order valence-corrected chi connectivity index (χ4v) is 4.54. The van der Waals surface area contributed by atoms with E-state index in [0.29, 0.717) is 5.75 Å². The van der Waals surface area contributed by atoms with Crippen molar-refractivity contribution < 1.29 is 8.42 Å². The molecule has 0 radical (unpaired) electrons. The first-order valence-corrected chi connectivity index (χ1v) is 8.81. The van der Waals surface area contributed by atoms with Crippen LogP contribution in [0.2, 0.25) is 0 Å². The van der Waals surface area contributed by atoms with Crippen molar-refractivity contribution in [1.82, 2.24) is 5.32 Å². The Balaban J connectivity index is 1.77. The van der Waals surface area contributed by atoms with Gasteiger partial charge in [-0.05, 0) is 35.7 Å². The van der Waals surface area contributed by atoms with Gasteiger partial charge in [0, 0.05) is 12.1 Å². The smallest absolute Gasteiger partial charge is 0.151 e. The van der Waals surface area contributed by atoms with Crippen LogP contribution >= 0.6 is 0 Å². The van der Waals surface area contributed by atoms with Gasteiger partial charge in [-0.25, -0.2) is 8.42 Å². The third kappa shape index (κ3) is 2.86. The molecule has 3 rings (SSSR count). The monoisotopic (exact) mass is 289 g/mol. The predicted octanol–water partition coefficient (Wildman–Crippen LogP) is 2.68. The van der Waals surface area contributed by atoms with Crippen LogP contribution in [0, 0.1) is 0 Å². The van der Waals surface area contributed by atoms with Gasteiger partial charge in [-0.3, -0.25) is 0 Å². The minimum atomic E-state index is -2.82. The summed E-state index contributed by atoms with van der Waals surface area (Å²) in [4.78, 5) is 0. The second-order valence-corrected chi connectivity index (χ2v) is 7.82. The Morgan fingerprint density at radius 1 is 1.15 bits per heavy atom. The van der Waals surface area contributed by atoms with Crippen molar-refractivity contribution in [3.63, 3.8) is 0 Å². The van der Waals surface area contributed by atoms with E-state index in [1.54, 1.807) is 0 Å². The Kier molecular flexibility index (Phi) is 3.52. The number of sulfone groups is 1. The summed E-state index contributed by atoms with van der Waals surface area (Å²) < 4.78 is 23.0. The second-order valence-electron chi connectivity index (χ2n) is 5.59. The Morgan fingerprint density at radius 2 is 1.90 bits per heavy atom. The molecule has 0 spiro atoms. The first-order valence-electron chi connectivity index (χ1n) is 6.99. The maximum atomic E-state index is 11.5. The fraction of sp³-hybridized carbons (Fsp3) is 0.375. The lowest BCUT2D eigenvalue weighted by Crippen LogP contribution is -2.32. The fourth-order valence-electron chi connectivity index (χ4n) is 2.85. The van der Waals surface area contributed by atoms with E-state index in [1.807, 2.05) is 12.1 Å². The number of hydrogen-bond acceptors (Lipinski definition) is 3. The third-order valence-electron chi connectivity index (χ3n) is 3.99. The minimum absolute atomic E-state index is 0.0847. The number of rotatable bonds is 3. The summed E-state index contributed by atoms with van der Waals surface area (Å²) in [6, 6.07) is 14.9. The zero-order chi connectivity index (χ0) is 14.2. The zero-order valence-electron chi connectivity index (χ0n) is 11.5. The molecular weight excluding hydrogens is 270 g/mol. The Morgan fingerprint density at radius 3 is 2.60 bits per heavy atom. The van der Waals surface area contributed by atoms with Crippen molar-refractivity contribution >= 4 is 20.6 Å². The number of hydrogen-bond donors (Lipinski definition) is 1. The van der Waals surface area contributed by atoms with Gasteiger partial charge in [0.2, 0.25) is 0 Å². The van der Waals surface area contributed by atoms with Crippen LogP contribution in [-0.4, -0.2) is 26.0 Å². The van der Waals surface area contributed by atoms with Gasteiger partial charge in [-0.2, -0.15) is 0 Å². The van der Waals surface area contributed by atoms with Gasteiger partial charge < -0.3 is 5.32 Å². The molecule has 1 aliphatic heterocycles. The summed E-state index contributed by atoms with van der Waals surface area (Å²) in [6.45, 7) is 2.09. The van der Waals surface area contributed by atoms with E-state index in [9.17, 15) is 8.42 Å². The van der Waals surface area contributed by atoms with Gasteiger partial charge in [0.1, 0.15) is 0 Å². The molecule has 0 saturated carbocycles. The number of fused-ring (bicyclic) bond motifs is 1. The highest BCUT2D eigenvalue weighted by molar-refractivity contribution is 7.91. The summed E-state index contributed by atoms with van der Waals surface area (Å²) in [5.74, 6) is 0.583. The van der Waals surface area contributed by atoms with Crippen LogP contribution in [0.1, 0.15) is 24.9 Å². The molecule has 1 saturated heterocycles. The molecule has 1 aliphatic rings. The van der Waals surface area contributed by atoms with E-state index in [1.165, 1.54) is 16.3 Å². The normalized spacial score (nSPS) is 22.9. The van der Waals surface area contributed by atoms with Gasteiger partial charge >= 0.3 is 0 Å². The van der Waals surface area contributed by atoms with E-state index < -0.39 is 9.84 Å². The largest absolute Gasteiger partial charge is 0.306 e. The summed E-state index contributed by atoms with van der Waals surface area (Å²) in [5, 5.41) is 5.88. The van der Waals surface area contributed by atoms with E-state index >= 15 is 0 Å². The lowest BCUT2D eigenvalue weighted by molar-refractivity contribution is 0.485. The molecule has 1 N–H and O–H groups in total. The van der Waals surface area contributed by atoms with Crippen molar-refractivity contribution in [3.8, 4) is 0 Å². The van der Waals surface area contributed by atoms with Gasteiger partial charge in [-0.1, -0.05) is 36.4 Å². The maximum Gasteiger partial charge on any atom is 0.151 e. The lowest BCUT2D eigenvalue weighted by atomic mass is 10.0. The van der Waals surface area contributed by atoms with Crippen molar-refractivity contribution in [2.45, 2.75) is 25.4 Å². The summed E-state index contributed by atoms with van der Waals surface area (Å²) in [5.41, 5.74) is 1.20. The van der Waals surface area contributed by atoms with E-state index in [4.69, 9.17) is 0 Å². The molecule has 0 aliphatic carbocycles. The van der Waals surface area contributed by atoms with E-state index in [2.05, 4.69) is 42.6 Å². The molecule has 2 aromatic carbocycles. The summed E-state index contributed by atoms with van der Waals surface area (Å²) in [7, 11) is -2.82. The van der Waals surface area contributed by atoms with Crippen molar-refractivity contribution in [1.29, 1.82) is 0 Å². The Bertz CT molecular complexity index is 724. The Hall–Kier alpha value is -1.39. The Labute approximate surface area is 119 Å². The highest BCUT2D eigenvalue weighted by Gasteiger charge is 2.28. The molecule has 106 valence electrons. The molecule has 2 atom stereocenters. The SMILES string of the molecule is CC(NC1CCS(=O)(=O)C1)c1ccc2ccccc2c1. The van der Waals surface area contributed by atoms with Gasteiger partial charge in [0.25, 0.3) is 0 Å². The third-order valence-corrected chi connectivity index (χ3v) is 5.76. The van der Waals surface area contributed by atoms with Crippen LogP contribution in [0.5, 0.6) is 0 Å². The van der Waals surface area contributed by atoms with Crippen molar-refractivity contribution in [2.75, 3.05) is 11.5 Å². The van der Waals surface area contributed by atoms with Gasteiger partial charge in [0.05, 0.1) is 11.5 Å². The lowest BCUT2D eigenvalue weighted by Gasteiger charge is -2.19. The highest BCUT2D eigenvalue weighted by atomic mass is 32.2. The molecule has 0 amide bonds. The molecule has 3 nitrogen and oxygen atoms in total. The quantitative estimate of drug-likeness (QED) is 0.945. The zero-order valence-corrected chi connectivity index (χ0v) is 12.4. The van der Waals surface area contributed by atoms with Gasteiger partial charge in [0.15, 0.2) is 9.84 Å².